The van der Waals surface area contributed by atoms with Crippen LogP contribution in [0, 0.1) is 111 Å². The number of aromatic nitrogens is 8. The number of nitrogens with zero attached hydrogens (tertiary/aromatic N) is 8. The predicted octanol–water partition coefficient (Wildman–Crippen LogP) is 22.8. The lowest BCUT2D eigenvalue weighted by Gasteiger charge is -2.03. The molecule has 0 saturated heterocycles. The van der Waals surface area contributed by atoms with E-state index in [1.54, 1.807) is 0 Å². The van der Waals surface area contributed by atoms with Crippen molar-refractivity contribution >= 4 is 86.2 Å². The lowest BCUT2D eigenvalue weighted by Crippen LogP contribution is -1.83. The van der Waals surface area contributed by atoms with E-state index in [1.807, 2.05) is 105 Å². The molecule has 0 fully saturated rings. The first-order chi connectivity index (χ1) is 46.2. The van der Waals surface area contributed by atoms with Crippen LogP contribution >= 0.6 is 0 Å². The van der Waals surface area contributed by atoms with Crippen molar-refractivity contribution < 1.29 is 0 Å². The minimum Gasteiger partial charge on any atom is -0.264 e. The number of hydrogen-bond acceptors (Lipinski definition) is 8. The first-order valence-electron chi connectivity index (χ1n) is 32.7. The summed E-state index contributed by atoms with van der Waals surface area (Å²) >= 11 is 0. The lowest BCUT2D eigenvalue weighted by atomic mass is 10.0. The van der Waals surface area contributed by atoms with Crippen LogP contribution < -0.4 is 0 Å². The monoisotopic (exact) mass is 1260 g/mol. The Morgan fingerprint density at radius 2 is 0.604 bits per heavy atom. The van der Waals surface area contributed by atoms with Gasteiger partial charge in [0, 0.05) is 142 Å². The van der Waals surface area contributed by atoms with Gasteiger partial charge in [0.15, 0.2) is 0 Å². The molecular formula is C88H88N8. The van der Waals surface area contributed by atoms with E-state index >= 15 is 0 Å². The van der Waals surface area contributed by atoms with E-state index in [-0.39, 0.29) is 0 Å². The average Bonchev–Trinajstić information content (AvgIpc) is 1.02. The van der Waals surface area contributed by atoms with Gasteiger partial charge in [-0.2, -0.15) is 0 Å². The molecule has 8 nitrogen and oxygen atoms in total. The van der Waals surface area contributed by atoms with Crippen LogP contribution in [0.3, 0.4) is 0 Å². The fraction of sp³-hybridized carbons (Fsp3) is 0.182. The first kappa shape index (κ1) is 69.4. The summed E-state index contributed by atoms with van der Waals surface area (Å²) in [6, 6.07) is 51.0. The zero-order valence-corrected chi connectivity index (χ0v) is 58.7. The van der Waals surface area contributed by atoms with Gasteiger partial charge >= 0.3 is 0 Å². The molecule has 480 valence electrons. The predicted molar refractivity (Wildman–Crippen MR) is 410 cm³/mol. The van der Waals surface area contributed by atoms with Crippen molar-refractivity contribution in [3.8, 4) is 0 Å². The van der Waals surface area contributed by atoms with Crippen LogP contribution in [-0.2, 0) is 0 Å². The molecule has 96 heavy (non-hydrogen) atoms. The summed E-state index contributed by atoms with van der Waals surface area (Å²) in [7, 11) is 0. The maximum atomic E-state index is 4.17. The molecule has 8 aromatic carbocycles. The van der Waals surface area contributed by atoms with Crippen LogP contribution in [0.1, 0.15) is 89.0 Å². The number of rotatable bonds is 0. The van der Waals surface area contributed by atoms with E-state index in [0.717, 1.165) is 0 Å². The maximum absolute atomic E-state index is 4.17. The SMILES string of the molecule is Cc1cc(C)c2ccncc2c1.Cc1cc2ccncc2cc1C.Cc1ccc(C)c2cnccc12.Cc1ccc2c(C)cncc2c1.Cc1ccc2cncc(C)c2c1.Cc1ccc2cnccc2c1C.Cc1cccc2cncc(C)c12.Cc1cncc2c(C)cccc12. The third kappa shape index (κ3) is 17.8. The van der Waals surface area contributed by atoms with Gasteiger partial charge < -0.3 is 0 Å². The molecule has 0 radical (unpaired) electrons. The smallest absolute Gasteiger partial charge is 0.0349 e. The third-order valence-corrected chi connectivity index (χ3v) is 17.6. The first-order valence-corrected chi connectivity index (χ1v) is 32.7. The number of hydrogen-bond donors (Lipinski definition) is 0. The Morgan fingerprint density at radius 3 is 1.28 bits per heavy atom. The van der Waals surface area contributed by atoms with E-state index < -0.39 is 0 Å². The van der Waals surface area contributed by atoms with Gasteiger partial charge in [-0.05, 0) is 269 Å². The van der Waals surface area contributed by atoms with Gasteiger partial charge in [0.2, 0.25) is 0 Å². The fourth-order valence-corrected chi connectivity index (χ4v) is 11.9. The topological polar surface area (TPSA) is 103 Å². The van der Waals surface area contributed by atoms with Gasteiger partial charge in [0.1, 0.15) is 0 Å². The minimum absolute atomic E-state index is 1.22. The van der Waals surface area contributed by atoms with Crippen LogP contribution in [-0.4, -0.2) is 39.9 Å². The zero-order valence-electron chi connectivity index (χ0n) is 58.7. The molecule has 16 aromatic rings. The lowest BCUT2D eigenvalue weighted by molar-refractivity contribution is 1.30. The molecule has 16 rings (SSSR count). The van der Waals surface area contributed by atoms with Gasteiger partial charge in [0.05, 0.1) is 0 Å². The Balaban J connectivity index is 0.000000129. The second-order valence-corrected chi connectivity index (χ2v) is 25.2. The number of benzene rings is 8. The van der Waals surface area contributed by atoms with E-state index in [0.29, 0.717) is 0 Å². The molecule has 0 aliphatic heterocycles. The maximum Gasteiger partial charge on any atom is 0.0349 e. The van der Waals surface area contributed by atoms with Gasteiger partial charge in [-0.1, -0.05) is 120 Å². The van der Waals surface area contributed by atoms with Gasteiger partial charge in [0.25, 0.3) is 0 Å². The van der Waals surface area contributed by atoms with E-state index in [1.165, 1.54) is 175 Å². The molecule has 8 heteroatoms. The van der Waals surface area contributed by atoms with Crippen LogP contribution in [0.15, 0.2) is 245 Å². The molecule has 0 aliphatic rings. The number of fused-ring (bicyclic) bond motifs is 8. The fourth-order valence-electron chi connectivity index (χ4n) is 11.9. The summed E-state index contributed by atoms with van der Waals surface area (Å²) in [4.78, 5) is 33.0. The summed E-state index contributed by atoms with van der Waals surface area (Å²) in [5.74, 6) is 0. The molecule has 0 N–H and O–H groups in total. The van der Waals surface area contributed by atoms with E-state index in [4.69, 9.17) is 0 Å². The molecule has 0 aliphatic carbocycles. The Morgan fingerprint density at radius 1 is 0.177 bits per heavy atom. The third-order valence-electron chi connectivity index (χ3n) is 17.6. The number of aryl methyl sites for hydroxylation is 16. The molecule has 0 bridgehead atoms. The molecule has 0 atom stereocenters. The summed E-state index contributed by atoms with van der Waals surface area (Å²) < 4.78 is 0. The van der Waals surface area contributed by atoms with Crippen LogP contribution in [0.5, 0.6) is 0 Å². The van der Waals surface area contributed by atoms with Crippen molar-refractivity contribution in [2.75, 3.05) is 0 Å². The average molecular weight is 1260 g/mol. The Kier molecular flexibility index (Phi) is 23.7. The highest BCUT2D eigenvalue weighted by atomic mass is 14.6. The summed E-state index contributed by atoms with van der Waals surface area (Å²) in [5, 5.41) is 20.3. The highest BCUT2D eigenvalue weighted by Gasteiger charge is 2.04. The normalized spacial score (nSPS) is 10.5. The largest absolute Gasteiger partial charge is 0.264 e. The van der Waals surface area contributed by atoms with Crippen molar-refractivity contribution in [2.24, 2.45) is 0 Å². The standard InChI is InChI=1S/8C11H11N/c1-8-5-10-3-4-12-7-11(10)6-9(8)2;1-8-5-9(2)11-3-4-12-7-10(11)6-8;1-8-3-4-11-9(2)6-12-7-10(11)5-8;1-8-3-4-10-7-12-6-9(2)11(10)5-8;1-8-3-4-10-7-12-6-5-11(10)9(8)2;1-8-3-4-9(2)11-7-12-6-5-10(8)11;1-8-4-3-5-10-9(2)6-12-7-11(8)10;1-8-4-3-5-10-7-12-6-9(2)11(8)10/h8*3-7H,1-2H3. The minimum atomic E-state index is 1.22. The molecule has 8 heterocycles. The molecule has 8 aromatic heterocycles. The van der Waals surface area contributed by atoms with Crippen LogP contribution in [0.2, 0.25) is 0 Å². The second kappa shape index (κ2) is 32.7. The zero-order chi connectivity index (χ0) is 68.4. The van der Waals surface area contributed by atoms with Gasteiger partial charge in [-0.25, -0.2) is 0 Å². The molecule has 0 unspecified atom stereocenters. The molecule has 0 saturated carbocycles. The Bertz CT molecular complexity index is 5070. The van der Waals surface area contributed by atoms with Gasteiger partial charge in [-0.3, -0.25) is 39.9 Å². The van der Waals surface area contributed by atoms with E-state index in [2.05, 4.69) is 290 Å². The van der Waals surface area contributed by atoms with E-state index in [9.17, 15) is 0 Å². The van der Waals surface area contributed by atoms with Crippen molar-refractivity contribution in [1.29, 1.82) is 0 Å². The highest BCUT2D eigenvalue weighted by molar-refractivity contribution is 5.91. The Labute approximate surface area is 567 Å². The van der Waals surface area contributed by atoms with Crippen molar-refractivity contribution in [3.63, 3.8) is 0 Å². The highest BCUT2D eigenvalue weighted by Crippen LogP contribution is 2.26. The number of pyridine rings is 8. The van der Waals surface area contributed by atoms with Crippen molar-refractivity contribution in [1.82, 2.24) is 39.9 Å². The second-order valence-electron chi connectivity index (χ2n) is 25.2. The summed E-state index contributed by atoms with van der Waals surface area (Å²) in [5.41, 5.74) is 20.8. The van der Waals surface area contributed by atoms with Crippen molar-refractivity contribution in [2.45, 2.75) is 111 Å². The molecule has 0 spiro atoms. The van der Waals surface area contributed by atoms with Gasteiger partial charge in [-0.15, -0.1) is 0 Å². The molecular weight excluding hydrogens is 1170 g/mol. The Hall–Kier alpha value is -11.0. The quantitative estimate of drug-likeness (QED) is 0.148. The summed E-state index contributed by atoms with van der Waals surface area (Å²) in [6.07, 6.45) is 30.3. The van der Waals surface area contributed by atoms with Crippen LogP contribution in [0.4, 0.5) is 0 Å². The molecule has 0 amide bonds. The van der Waals surface area contributed by atoms with Crippen LogP contribution in [0.25, 0.3) is 86.2 Å². The van der Waals surface area contributed by atoms with Crippen molar-refractivity contribution in [3.05, 3.63) is 334 Å². The summed E-state index contributed by atoms with van der Waals surface area (Å²) in [6.45, 7) is 33.9.